The smallest absolute Gasteiger partial charge is 0.329 e. The van der Waals surface area contributed by atoms with E-state index in [4.69, 9.17) is 4.74 Å². The number of hydrogen-bond acceptors (Lipinski definition) is 7. The monoisotopic (exact) mass is 421 g/mol. The van der Waals surface area contributed by atoms with Gasteiger partial charge in [0.25, 0.3) is 5.95 Å². The van der Waals surface area contributed by atoms with Crippen molar-refractivity contribution in [2.24, 2.45) is 5.92 Å². The first-order chi connectivity index (χ1) is 14.9. The molecular formula is C21H19N5O5. The molecule has 1 saturated heterocycles. The Labute approximate surface area is 176 Å². The third-order valence-corrected chi connectivity index (χ3v) is 5.81. The molecule has 0 bridgehead atoms. The highest BCUT2D eigenvalue weighted by Crippen LogP contribution is 2.50. The SMILES string of the molecule is COc1ccc([C@@H]2[C@@H](C(=O)O)[C@@H](C(=O)O)N3c4nncn4-c4ccc(C)cc4N23)cc1. The van der Waals surface area contributed by atoms with Crippen molar-refractivity contribution in [3.63, 3.8) is 0 Å². The van der Waals surface area contributed by atoms with Crippen molar-refractivity contribution in [2.75, 3.05) is 17.1 Å². The molecule has 1 fully saturated rings. The minimum atomic E-state index is -1.37. The van der Waals surface area contributed by atoms with E-state index >= 15 is 0 Å². The Morgan fingerprint density at radius 3 is 2.39 bits per heavy atom. The van der Waals surface area contributed by atoms with Crippen LogP contribution in [0.4, 0.5) is 11.6 Å². The van der Waals surface area contributed by atoms with Crippen LogP contribution in [0.3, 0.4) is 0 Å². The number of aryl methyl sites for hydroxylation is 1. The molecule has 3 heterocycles. The molecule has 3 aromatic rings. The van der Waals surface area contributed by atoms with E-state index in [9.17, 15) is 19.8 Å². The highest BCUT2D eigenvalue weighted by atomic mass is 16.5. The molecule has 0 aliphatic carbocycles. The van der Waals surface area contributed by atoms with Crippen LogP contribution in [-0.4, -0.2) is 50.1 Å². The summed E-state index contributed by atoms with van der Waals surface area (Å²) in [5.74, 6) is -2.84. The average molecular weight is 421 g/mol. The molecule has 10 heteroatoms. The maximum atomic E-state index is 12.4. The second kappa shape index (κ2) is 6.73. The Bertz CT molecular complexity index is 1190. The van der Waals surface area contributed by atoms with Crippen LogP contribution < -0.4 is 14.8 Å². The zero-order valence-electron chi connectivity index (χ0n) is 16.7. The van der Waals surface area contributed by atoms with Crippen LogP contribution in [0, 0.1) is 12.8 Å². The molecule has 2 aliphatic heterocycles. The number of hydrogen-bond donors (Lipinski definition) is 2. The highest BCUT2D eigenvalue weighted by Gasteiger charge is 2.58. The van der Waals surface area contributed by atoms with Gasteiger partial charge in [0.1, 0.15) is 18.0 Å². The summed E-state index contributed by atoms with van der Waals surface area (Å²) in [4.78, 5) is 24.8. The van der Waals surface area contributed by atoms with E-state index in [2.05, 4.69) is 10.2 Å². The van der Waals surface area contributed by atoms with E-state index in [1.165, 1.54) is 11.3 Å². The number of benzene rings is 2. The fraction of sp³-hybridized carbons (Fsp3) is 0.238. The minimum Gasteiger partial charge on any atom is -0.497 e. The topological polar surface area (TPSA) is 121 Å². The van der Waals surface area contributed by atoms with Gasteiger partial charge < -0.3 is 14.9 Å². The normalized spacial score (nSPS) is 21.3. The average Bonchev–Trinajstić information content (AvgIpc) is 3.36. The van der Waals surface area contributed by atoms with E-state index in [1.807, 2.05) is 25.1 Å². The molecule has 3 atom stereocenters. The number of carboxylic acids is 2. The zero-order chi connectivity index (χ0) is 21.9. The lowest BCUT2D eigenvalue weighted by molar-refractivity contribution is -0.149. The van der Waals surface area contributed by atoms with Gasteiger partial charge in [0.2, 0.25) is 0 Å². The molecule has 1 aromatic heterocycles. The van der Waals surface area contributed by atoms with Crippen LogP contribution in [0.5, 0.6) is 5.75 Å². The number of methoxy groups -OCH3 is 1. The molecule has 0 radical (unpaired) electrons. The van der Waals surface area contributed by atoms with Gasteiger partial charge in [-0.05, 0) is 42.3 Å². The fourth-order valence-electron chi connectivity index (χ4n) is 4.49. The predicted molar refractivity (Wildman–Crippen MR) is 109 cm³/mol. The van der Waals surface area contributed by atoms with Gasteiger partial charge in [0, 0.05) is 0 Å². The second-order valence-corrected chi connectivity index (χ2v) is 7.55. The summed E-state index contributed by atoms with van der Waals surface area (Å²) >= 11 is 0. The largest absolute Gasteiger partial charge is 0.497 e. The van der Waals surface area contributed by atoms with Crippen molar-refractivity contribution in [3.05, 3.63) is 59.9 Å². The lowest BCUT2D eigenvalue weighted by Gasteiger charge is -2.40. The molecular weight excluding hydrogens is 402 g/mol. The number of carboxylic acid groups (broad SMARTS) is 2. The van der Waals surface area contributed by atoms with Crippen LogP contribution in [-0.2, 0) is 9.59 Å². The Balaban J connectivity index is 1.79. The molecule has 2 aliphatic rings. The molecule has 0 unspecified atom stereocenters. The summed E-state index contributed by atoms with van der Waals surface area (Å²) < 4.78 is 6.90. The summed E-state index contributed by atoms with van der Waals surface area (Å²) in [6.07, 6.45) is 1.50. The third-order valence-electron chi connectivity index (χ3n) is 5.81. The van der Waals surface area contributed by atoms with Crippen molar-refractivity contribution < 1.29 is 24.5 Å². The van der Waals surface area contributed by atoms with Gasteiger partial charge in [-0.25, -0.2) is 9.80 Å². The maximum Gasteiger partial charge on any atom is 0.329 e. The number of hydrazine groups is 1. The van der Waals surface area contributed by atoms with Crippen molar-refractivity contribution in [1.29, 1.82) is 0 Å². The van der Waals surface area contributed by atoms with E-state index in [1.54, 1.807) is 41.0 Å². The van der Waals surface area contributed by atoms with Crippen molar-refractivity contribution >= 4 is 23.6 Å². The summed E-state index contributed by atoms with van der Waals surface area (Å²) in [6.45, 7) is 1.92. The molecule has 158 valence electrons. The van der Waals surface area contributed by atoms with Gasteiger partial charge in [-0.1, -0.05) is 18.2 Å². The van der Waals surface area contributed by atoms with Crippen molar-refractivity contribution in [3.8, 4) is 11.4 Å². The molecule has 2 N–H and O–H groups in total. The first-order valence-corrected chi connectivity index (χ1v) is 9.61. The fourth-order valence-corrected chi connectivity index (χ4v) is 4.49. The minimum absolute atomic E-state index is 0.256. The lowest BCUT2D eigenvalue weighted by atomic mass is 9.88. The van der Waals surface area contributed by atoms with Gasteiger partial charge in [0.15, 0.2) is 6.04 Å². The Morgan fingerprint density at radius 2 is 1.74 bits per heavy atom. The van der Waals surface area contributed by atoms with Gasteiger partial charge in [0.05, 0.1) is 24.5 Å². The highest BCUT2D eigenvalue weighted by molar-refractivity contribution is 5.91. The second-order valence-electron chi connectivity index (χ2n) is 7.55. The maximum absolute atomic E-state index is 12.4. The number of rotatable bonds is 4. The van der Waals surface area contributed by atoms with Gasteiger partial charge in [-0.15, -0.1) is 10.2 Å². The summed E-state index contributed by atoms with van der Waals surface area (Å²) in [6, 6.07) is 10.6. The molecule has 5 rings (SSSR count). The van der Waals surface area contributed by atoms with Gasteiger partial charge in [-0.3, -0.25) is 14.4 Å². The molecule has 31 heavy (non-hydrogen) atoms. The number of anilines is 2. The van der Waals surface area contributed by atoms with E-state index < -0.39 is 29.9 Å². The molecule has 2 aromatic carbocycles. The Morgan fingerprint density at radius 1 is 1.00 bits per heavy atom. The molecule has 0 spiro atoms. The summed E-state index contributed by atoms with van der Waals surface area (Å²) in [5.41, 5.74) is 3.04. The van der Waals surface area contributed by atoms with Crippen molar-refractivity contribution in [1.82, 2.24) is 14.8 Å². The van der Waals surface area contributed by atoms with Crippen LogP contribution in [0.25, 0.3) is 5.69 Å². The van der Waals surface area contributed by atoms with Gasteiger partial charge >= 0.3 is 11.9 Å². The van der Waals surface area contributed by atoms with Crippen LogP contribution in [0.2, 0.25) is 0 Å². The van der Waals surface area contributed by atoms with Crippen LogP contribution in [0.1, 0.15) is 17.2 Å². The van der Waals surface area contributed by atoms with Crippen LogP contribution in [0.15, 0.2) is 48.8 Å². The number of aliphatic carboxylic acids is 2. The van der Waals surface area contributed by atoms with E-state index in [-0.39, 0.29) is 5.95 Å². The van der Waals surface area contributed by atoms with E-state index in [0.29, 0.717) is 17.0 Å². The van der Waals surface area contributed by atoms with Crippen LogP contribution >= 0.6 is 0 Å². The number of carbonyl (C=O) groups is 2. The third kappa shape index (κ3) is 2.64. The lowest BCUT2D eigenvalue weighted by Crippen LogP contribution is -2.50. The first-order valence-electron chi connectivity index (χ1n) is 9.61. The Hall–Kier alpha value is -4.08. The number of nitrogens with zero attached hydrogens (tertiary/aromatic N) is 5. The summed E-state index contributed by atoms with van der Waals surface area (Å²) in [5, 5.41) is 31.4. The number of ether oxygens (including phenoxy) is 1. The summed E-state index contributed by atoms with van der Waals surface area (Å²) in [7, 11) is 1.54. The zero-order valence-corrected chi connectivity index (χ0v) is 16.7. The first kappa shape index (κ1) is 18.9. The Kier molecular flexibility index (Phi) is 4.10. The molecule has 10 nitrogen and oxygen atoms in total. The molecule has 0 amide bonds. The molecule has 0 saturated carbocycles. The quantitative estimate of drug-likeness (QED) is 0.652. The standard InChI is InChI=1S/C21H19N5O5/c1-11-3-8-14-15(9-11)25-17(12-4-6-13(31-2)7-5-12)16(19(27)28)18(20(29)30)26(25)21-23-22-10-24(14)21/h3-10,16-18H,1-2H3,(H,27,28)(H,29,30)/t16-,17-,18+/m1/s1. The van der Waals surface area contributed by atoms with Gasteiger partial charge in [-0.2, -0.15) is 0 Å². The van der Waals surface area contributed by atoms with Crippen molar-refractivity contribution in [2.45, 2.75) is 19.0 Å². The number of aromatic nitrogens is 3. The predicted octanol–water partition coefficient (Wildman–Crippen LogP) is 2.03. The van der Waals surface area contributed by atoms with E-state index in [0.717, 1.165) is 11.3 Å². The number of fused-ring (bicyclic) bond motifs is 6.